The van der Waals surface area contributed by atoms with E-state index in [1.165, 1.54) is 0 Å². The van der Waals surface area contributed by atoms with Crippen LogP contribution in [0.25, 0.3) is 0 Å². The molecule has 1 heterocycles. The average molecular weight is 185 g/mol. The Morgan fingerprint density at radius 1 is 1.54 bits per heavy atom. The van der Waals surface area contributed by atoms with E-state index in [0.29, 0.717) is 12.6 Å². The fraction of sp³-hybridized carbons (Fsp3) is 0.889. The Morgan fingerprint density at radius 3 is 2.62 bits per heavy atom. The van der Waals surface area contributed by atoms with Gasteiger partial charge < -0.3 is 11.1 Å². The van der Waals surface area contributed by atoms with Gasteiger partial charge in [-0.1, -0.05) is 6.92 Å². The van der Waals surface area contributed by atoms with Crippen molar-refractivity contribution in [3.63, 3.8) is 0 Å². The third-order valence-corrected chi connectivity index (χ3v) is 2.46. The van der Waals surface area contributed by atoms with Crippen molar-refractivity contribution in [2.24, 2.45) is 5.73 Å². The molecule has 0 aromatic heterocycles. The fourth-order valence-corrected chi connectivity index (χ4v) is 1.80. The maximum absolute atomic E-state index is 10.6. The van der Waals surface area contributed by atoms with Gasteiger partial charge in [0.15, 0.2) is 0 Å². The van der Waals surface area contributed by atoms with Gasteiger partial charge in [0.2, 0.25) is 5.91 Å². The number of likely N-dealkylation sites (tertiary alicyclic amines) is 1. The van der Waals surface area contributed by atoms with Crippen LogP contribution in [-0.2, 0) is 4.79 Å². The van der Waals surface area contributed by atoms with Gasteiger partial charge in [-0.15, -0.1) is 0 Å². The van der Waals surface area contributed by atoms with Gasteiger partial charge in [0, 0.05) is 19.1 Å². The molecule has 1 saturated heterocycles. The molecule has 76 valence electrons. The van der Waals surface area contributed by atoms with Crippen LogP contribution in [0, 0.1) is 0 Å². The van der Waals surface area contributed by atoms with Crippen molar-refractivity contribution in [1.82, 2.24) is 10.2 Å². The standard InChI is InChI=1S/C9H19N3O/c1-2-11-8-3-5-12(6-4-8)7-9(10)13/h8,11H,2-7H2,1H3,(H2,10,13). The van der Waals surface area contributed by atoms with Crippen LogP contribution < -0.4 is 11.1 Å². The predicted molar refractivity (Wildman–Crippen MR) is 52.3 cm³/mol. The molecule has 1 aliphatic heterocycles. The van der Waals surface area contributed by atoms with E-state index in [4.69, 9.17) is 5.73 Å². The average Bonchev–Trinajstić information content (AvgIpc) is 2.08. The van der Waals surface area contributed by atoms with Crippen LogP contribution in [0.4, 0.5) is 0 Å². The van der Waals surface area contributed by atoms with E-state index in [9.17, 15) is 4.79 Å². The minimum atomic E-state index is -0.220. The minimum absolute atomic E-state index is 0.220. The second kappa shape index (κ2) is 5.19. The molecule has 0 bridgehead atoms. The van der Waals surface area contributed by atoms with Crippen molar-refractivity contribution in [2.45, 2.75) is 25.8 Å². The van der Waals surface area contributed by atoms with Crippen molar-refractivity contribution in [3.8, 4) is 0 Å². The lowest BCUT2D eigenvalue weighted by molar-refractivity contribution is -0.119. The number of primary amides is 1. The van der Waals surface area contributed by atoms with Crippen molar-refractivity contribution in [3.05, 3.63) is 0 Å². The lowest BCUT2D eigenvalue weighted by Crippen LogP contribution is -2.45. The highest BCUT2D eigenvalue weighted by Crippen LogP contribution is 2.09. The highest BCUT2D eigenvalue weighted by atomic mass is 16.1. The maximum atomic E-state index is 10.6. The molecule has 0 radical (unpaired) electrons. The summed E-state index contributed by atoms with van der Waals surface area (Å²) in [6, 6.07) is 0.633. The molecule has 0 unspecified atom stereocenters. The smallest absolute Gasteiger partial charge is 0.231 e. The Hall–Kier alpha value is -0.610. The first-order valence-electron chi connectivity index (χ1n) is 4.96. The zero-order valence-corrected chi connectivity index (χ0v) is 8.25. The molecule has 1 rings (SSSR count). The van der Waals surface area contributed by atoms with Crippen molar-refractivity contribution in [2.75, 3.05) is 26.2 Å². The number of nitrogens with one attached hydrogen (secondary N) is 1. The first-order chi connectivity index (χ1) is 6.22. The second-order valence-corrected chi connectivity index (χ2v) is 3.57. The zero-order valence-electron chi connectivity index (χ0n) is 8.25. The number of nitrogens with two attached hydrogens (primary N) is 1. The fourth-order valence-electron chi connectivity index (χ4n) is 1.80. The zero-order chi connectivity index (χ0) is 9.68. The number of rotatable bonds is 4. The molecule has 3 N–H and O–H groups in total. The predicted octanol–water partition coefficient (Wildman–Crippen LogP) is -0.454. The molecule has 1 fully saturated rings. The van der Waals surface area contributed by atoms with Gasteiger partial charge in [-0.25, -0.2) is 0 Å². The summed E-state index contributed by atoms with van der Waals surface area (Å²) in [5.74, 6) is -0.220. The van der Waals surface area contributed by atoms with Gasteiger partial charge in [-0.2, -0.15) is 0 Å². The first kappa shape index (κ1) is 10.5. The largest absolute Gasteiger partial charge is 0.369 e. The van der Waals surface area contributed by atoms with E-state index in [2.05, 4.69) is 17.1 Å². The third-order valence-electron chi connectivity index (χ3n) is 2.46. The van der Waals surface area contributed by atoms with Crippen LogP contribution in [-0.4, -0.2) is 43.0 Å². The van der Waals surface area contributed by atoms with Crippen LogP contribution in [0.1, 0.15) is 19.8 Å². The summed E-state index contributed by atoms with van der Waals surface area (Å²) in [6.07, 6.45) is 2.25. The molecule has 1 aliphatic rings. The summed E-state index contributed by atoms with van der Waals surface area (Å²) >= 11 is 0. The number of piperidine rings is 1. The summed E-state index contributed by atoms with van der Waals surface area (Å²) in [7, 11) is 0. The molecule has 4 nitrogen and oxygen atoms in total. The first-order valence-corrected chi connectivity index (χ1v) is 4.96. The summed E-state index contributed by atoms with van der Waals surface area (Å²) in [5.41, 5.74) is 5.12. The molecule has 13 heavy (non-hydrogen) atoms. The lowest BCUT2D eigenvalue weighted by atomic mass is 10.1. The van der Waals surface area contributed by atoms with E-state index in [1.54, 1.807) is 0 Å². The monoisotopic (exact) mass is 185 g/mol. The Labute approximate surface area is 79.5 Å². The van der Waals surface area contributed by atoms with Gasteiger partial charge in [-0.3, -0.25) is 9.69 Å². The molecule has 0 aromatic carbocycles. The summed E-state index contributed by atoms with van der Waals surface area (Å²) in [4.78, 5) is 12.8. The minimum Gasteiger partial charge on any atom is -0.369 e. The van der Waals surface area contributed by atoms with Crippen molar-refractivity contribution >= 4 is 5.91 Å². The van der Waals surface area contributed by atoms with Crippen LogP contribution in [0.5, 0.6) is 0 Å². The number of hydrogen-bond acceptors (Lipinski definition) is 3. The lowest BCUT2D eigenvalue weighted by Gasteiger charge is -2.31. The highest BCUT2D eigenvalue weighted by Gasteiger charge is 2.18. The van der Waals surface area contributed by atoms with Crippen molar-refractivity contribution < 1.29 is 4.79 Å². The van der Waals surface area contributed by atoms with Crippen LogP contribution in [0.2, 0.25) is 0 Å². The van der Waals surface area contributed by atoms with Gasteiger partial charge in [0.05, 0.1) is 6.54 Å². The Kier molecular flexibility index (Phi) is 4.18. The number of carbonyl (C=O) groups excluding carboxylic acids is 1. The number of hydrogen-bond donors (Lipinski definition) is 2. The summed E-state index contributed by atoms with van der Waals surface area (Å²) in [5, 5.41) is 3.42. The maximum Gasteiger partial charge on any atom is 0.231 e. The van der Waals surface area contributed by atoms with E-state index < -0.39 is 0 Å². The molecule has 4 heteroatoms. The normalized spacial score (nSPS) is 20.4. The van der Waals surface area contributed by atoms with E-state index >= 15 is 0 Å². The van der Waals surface area contributed by atoms with Gasteiger partial charge in [0.25, 0.3) is 0 Å². The second-order valence-electron chi connectivity index (χ2n) is 3.57. The SMILES string of the molecule is CCNC1CCN(CC(N)=O)CC1. The van der Waals surface area contributed by atoms with E-state index in [0.717, 1.165) is 32.5 Å². The molecule has 0 aromatic rings. The number of amides is 1. The van der Waals surface area contributed by atoms with Crippen LogP contribution in [0.15, 0.2) is 0 Å². The Morgan fingerprint density at radius 2 is 2.15 bits per heavy atom. The van der Waals surface area contributed by atoms with Gasteiger partial charge >= 0.3 is 0 Å². The van der Waals surface area contributed by atoms with E-state index in [-0.39, 0.29) is 5.91 Å². The molecule has 0 aliphatic carbocycles. The molecule has 1 amide bonds. The summed E-state index contributed by atoms with van der Waals surface area (Å²) in [6.45, 7) is 5.54. The number of carbonyl (C=O) groups is 1. The third kappa shape index (κ3) is 3.74. The molecular weight excluding hydrogens is 166 g/mol. The number of nitrogens with zero attached hydrogens (tertiary/aromatic N) is 1. The topological polar surface area (TPSA) is 58.4 Å². The molecular formula is C9H19N3O. The molecule has 0 atom stereocenters. The van der Waals surface area contributed by atoms with Gasteiger partial charge in [0.1, 0.15) is 0 Å². The summed E-state index contributed by atoms with van der Waals surface area (Å²) < 4.78 is 0. The Bertz CT molecular complexity index is 164. The van der Waals surface area contributed by atoms with Gasteiger partial charge in [-0.05, 0) is 19.4 Å². The van der Waals surface area contributed by atoms with Crippen LogP contribution in [0.3, 0.4) is 0 Å². The van der Waals surface area contributed by atoms with Crippen molar-refractivity contribution in [1.29, 1.82) is 0 Å². The molecule has 0 spiro atoms. The highest BCUT2D eigenvalue weighted by molar-refractivity contribution is 5.75. The van der Waals surface area contributed by atoms with E-state index in [1.807, 2.05) is 0 Å². The molecule has 0 saturated carbocycles. The van der Waals surface area contributed by atoms with Crippen LogP contribution >= 0.6 is 0 Å². The quantitative estimate of drug-likeness (QED) is 0.623. The Balaban J connectivity index is 2.18.